The average Bonchev–Trinajstić information content (AvgIpc) is 2.96. The Balaban J connectivity index is 1.73. The Morgan fingerprint density at radius 1 is 1.00 bits per heavy atom. The topological polar surface area (TPSA) is 40.6 Å². The van der Waals surface area contributed by atoms with Gasteiger partial charge in [-0.3, -0.25) is 14.5 Å². The number of carbonyl (C=O) groups is 2. The van der Waals surface area contributed by atoms with Crippen molar-refractivity contribution in [1.29, 1.82) is 0 Å². The van der Waals surface area contributed by atoms with Crippen LogP contribution in [0.2, 0.25) is 5.02 Å². The summed E-state index contributed by atoms with van der Waals surface area (Å²) in [7, 11) is 0. The number of amides is 2. The van der Waals surface area contributed by atoms with Gasteiger partial charge in [-0.15, -0.1) is 0 Å². The second-order valence-corrected chi connectivity index (χ2v) is 8.10. The molecule has 0 N–H and O–H groups in total. The van der Waals surface area contributed by atoms with Crippen LogP contribution in [0.1, 0.15) is 30.9 Å². The van der Waals surface area contributed by atoms with Crippen molar-refractivity contribution in [2.24, 2.45) is 5.92 Å². The van der Waals surface area contributed by atoms with Gasteiger partial charge in [-0.25, -0.2) is 4.39 Å². The molecule has 2 aliphatic rings. The van der Waals surface area contributed by atoms with E-state index in [1.54, 1.807) is 24.3 Å². The zero-order chi connectivity index (χ0) is 20.5. The molecule has 4 rings (SSSR count). The molecule has 0 radical (unpaired) electrons. The molecule has 0 saturated carbocycles. The minimum absolute atomic E-state index is 0.107. The summed E-state index contributed by atoms with van der Waals surface area (Å²) < 4.78 is 13.4. The zero-order valence-electron chi connectivity index (χ0n) is 16.2. The summed E-state index contributed by atoms with van der Waals surface area (Å²) in [5.41, 5.74) is 2.03. The van der Waals surface area contributed by atoms with Crippen molar-refractivity contribution in [3.63, 3.8) is 0 Å². The van der Waals surface area contributed by atoms with E-state index in [9.17, 15) is 14.0 Å². The molecule has 2 amide bonds. The van der Waals surface area contributed by atoms with Crippen LogP contribution in [0.5, 0.6) is 0 Å². The molecule has 0 spiro atoms. The molecule has 0 aliphatic carbocycles. The third-order valence-electron chi connectivity index (χ3n) is 5.66. The van der Waals surface area contributed by atoms with E-state index in [1.807, 2.05) is 17.0 Å². The number of hydrogen-bond donors (Lipinski definition) is 0. The lowest BCUT2D eigenvalue weighted by atomic mass is 9.97. The maximum Gasteiger partial charge on any atom is 0.278 e. The zero-order valence-corrected chi connectivity index (χ0v) is 17.0. The van der Waals surface area contributed by atoms with Crippen molar-refractivity contribution in [2.45, 2.75) is 26.3 Å². The predicted molar refractivity (Wildman–Crippen MR) is 110 cm³/mol. The summed E-state index contributed by atoms with van der Waals surface area (Å²) in [6.45, 7) is 3.74. The van der Waals surface area contributed by atoms with Crippen molar-refractivity contribution in [2.75, 3.05) is 13.1 Å². The molecule has 4 nitrogen and oxygen atoms in total. The smallest absolute Gasteiger partial charge is 0.278 e. The molecule has 0 atom stereocenters. The van der Waals surface area contributed by atoms with Crippen LogP contribution >= 0.6 is 11.6 Å². The molecule has 2 aliphatic heterocycles. The number of halogens is 2. The first-order valence-electron chi connectivity index (χ1n) is 9.80. The van der Waals surface area contributed by atoms with Gasteiger partial charge in [-0.05, 0) is 48.1 Å². The molecule has 1 fully saturated rings. The van der Waals surface area contributed by atoms with E-state index >= 15 is 0 Å². The summed E-state index contributed by atoms with van der Waals surface area (Å²) in [5.74, 6) is -0.473. The number of carbonyl (C=O) groups excluding carboxylic acids is 2. The fourth-order valence-corrected chi connectivity index (χ4v) is 4.10. The molecule has 150 valence electrons. The summed E-state index contributed by atoms with van der Waals surface area (Å²) >= 11 is 6.26. The van der Waals surface area contributed by atoms with Crippen molar-refractivity contribution < 1.29 is 14.0 Å². The molecule has 2 aromatic carbocycles. The third kappa shape index (κ3) is 3.79. The molecular weight excluding hydrogens is 391 g/mol. The van der Waals surface area contributed by atoms with Crippen LogP contribution < -0.4 is 0 Å². The van der Waals surface area contributed by atoms with Crippen LogP contribution in [0.3, 0.4) is 0 Å². The van der Waals surface area contributed by atoms with Gasteiger partial charge in [0.2, 0.25) is 0 Å². The first-order valence-corrected chi connectivity index (χ1v) is 10.2. The highest BCUT2D eigenvalue weighted by Gasteiger charge is 2.42. The Morgan fingerprint density at radius 2 is 1.66 bits per heavy atom. The lowest BCUT2D eigenvalue weighted by molar-refractivity contribution is -0.138. The second kappa shape index (κ2) is 7.99. The highest BCUT2D eigenvalue weighted by atomic mass is 35.5. The van der Waals surface area contributed by atoms with Crippen LogP contribution in [-0.2, 0) is 16.1 Å². The molecule has 0 unspecified atom stereocenters. The van der Waals surface area contributed by atoms with Gasteiger partial charge in [-0.1, -0.05) is 48.9 Å². The van der Waals surface area contributed by atoms with Crippen molar-refractivity contribution in [3.8, 4) is 0 Å². The summed E-state index contributed by atoms with van der Waals surface area (Å²) in [5, 5.41) is 0.511. The molecule has 0 bridgehead atoms. The highest BCUT2D eigenvalue weighted by Crippen LogP contribution is 2.35. The monoisotopic (exact) mass is 412 g/mol. The summed E-state index contributed by atoms with van der Waals surface area (Å²) in [6.07, 6.45) is 1.93. The number of imide groups is 1. The van der Waals surface area contributed by atoms with Crippen molar-refractivity contribution in [1.82, 2.24) is 9.80 Å². The van der Waals surface area contributed by atoms with E-state index in [2.05, 4.69) is 6.92 Å². The second-order valence-electron chi connectivity index (χ2n) is 7.69. The Labute approximate surface area is 174 Å². The molecule has 0 aromatic heterocycles. The van der Waals surface area contributed by atoms with Crippen LogP contribution in [0, 0.1) is 11.7 Å². The third-order valence-corrected chi connectivity index (χ3v) is 6.03. The molecule has 29 heavy (non-hydrogen) atoms. The largest absolute Gasteiger partial charge is 0.366 e. The first kappa shape index (κ1) is 19.6. The molecular formula is C23H22ClFN2O2. The standard InChI is InChI=1S/C23H22ClFN2O2/c1-15-10-12-26(13-11-15)21-20(16-6-8-18(25)9-7-16)22(28)27(23(21)29)14-17-4-2-3-5-19(17)24/h2-9,15H,10-14H2,1H3. The van der Waals surface area contributed by atoms with Crippen LogP contribution in [0.15, 0.2) is 54.2 Å². The number of nitrogens with zero attached hydrogens (tertiary/aromatic N) is 2. The molecule has 2 heterocycles. The van der Waals surface area contributed by atoms with E-state index in [0.717, 1.165) is 25.9 Å². The lowest BCUT2D eigenvalue weighted by Gasteiger charge is -2.32. The molecule has 1 saturated heterocycles. The van der Waals surface area contributed by atoms with Crippen LogP contribution in [0.25, 0.3) is 5.57 Å². The van der Waals surface area contributed by atoms with Gasteiger partial charge in [0.05, 0.1) is 12.1 Å². The Hall–Kier alpha value is -2.66. The summed E-state index contributed by atoms with van der Waals surface area (Å²) in [4.78, 5) is 29.9. The van der Waals surface area contributed by atoms with Gasteiger partial charge in [0.25, 0.3) is 11.8 Å². The maximum absolute atomic E-state index is 13.4. The number of hydrogen-bond acceptors (Lipinski definition) is 3. The fourth-order valence-electron chi connectivity index (χ4n) is 3.91. The first-order chi connectivity index (χ1) is 14.0. The van der Waals surface area contributed by atoms with Gasteiger partial charge >= 0.3 is 0 Å². The number of piperidine rings is 1. The average molecular weight is 413 g/mol. The predicted octanol–water partition coefficient (Wildman–Crippen LogP) is 4.49. The van der Waals surface area contributed by atoms with Gasteiger partial charge in [-0.2, -0.15) is 0 Å². The van der Waals surface area contributed by atoms with Gasteiger partial charge in [0, 0.05) is 18.1 Å². The molecule has 2 aromatic rings. The normalized spacial score (nSPS) is 18.2. The maximum atomic E-state index is 13.4. The Kier molecular flexibility index (Phi) is 5.41. The van der Waals surface area contributed by atoms with E-state index in [-0.39, 0.29) is 24.2 Å². The molecule has 6 heteroatoms. The Bertz CT molecular complexity index is 979. The van der Waals surface area contributed by atoms with E-state index in [4.69, 9.17) is 11.6 Å². The highest BCUT2D eigenvalue weighted by molar-refractivity contribution is 6.35. The van der Waals surface area contributed by atoms with Gasteiger partial charge in [0.15, 0.2) is 0 Å². The SMILES string of the molecule is CC1CCN(C2=C(c3ccc(F)cc3)C(=O)N(Cc3ccccc3Cl)C2=O)CC1. The minimum Gasteiger partial charge on any atom is -0.366 e. The number of benzene rings is 2. The Morgan fingerprint density at radius 3 is 2.31 bits per heavy atom. The van der Waals surface area contributed by atoms with Gasteiger partial charge in [0.1, 0.15) is 11.5 Å². The van der Waals surface area contributed by atoms with E-state index < -0.39 is 0 Å². The van der Waals surface area contributed by atoms with Crippen LogP contribution in [0.4, 0.5) is 4.39 Å². The number of rotatable bonds is 4. The fraction of sp³-hybridized carbons (Fsp3) is 0.304. The van der Waals surface area contributed by atoms with Gasteiger partial charge < -0.3 is 4.90 Å². The summed E-state index contributed by atoms with van der Waals surface area (Å²) in [6, 6.07) is 12.9. The lowest BCUT2D eigenvalue weighted by Crippen LogP contribution is -2.38. The van der Waals surface area contributed by atoms with Crippen molar-refractivity contribution >= 4 is 29.0 Å². The number of likely N-dealkylation sites (tertiary alicyclic amines) is 1. The van der Waals surface area contributed by atoms with E-state index in [0.29, 0.717) is 33.3 Å². The van der Waals surface area contributed by atoms with Crippen LogP contribution in [-0.4, -0.2) is 34.7 Å². The minimum atomic E-state index is -0.382. The van der Waals surface area contributed by atoms with E-state index in [1.165, 1.54) is 17.0 Å². The quantitative estimate of drug-likeness (QED) is 0.694. The van der Waals surface area contributed by atoms with Crippen molar-refractivity contribution in [3.05, 3.63) is 76.2 Å².